The SMILES string of the molecule is COc1cc2nccc(C#Cc3ccc(NS(=O)(=O)c4ccccc4C(F)(F)F)c(C)c3)c2cc1OC. The van der Waals surface area contributed by atoms with Crippen LogP contribution < -0.4 is 14.2 Å². The largest absolute Gasteiger partial charge is 0.493 e. The van der Waals surface area contributed by atoms with E-state index >= 15 is 0 Å². The van der Waals surface area contributed by atoms with Crippen LogP contribution in [0.2, 0.25) is 0 Å². The van der Waals surface area contributed by atoms with Crippen LogP contribution in [0, 0.1) is 18.8 Å². The fourth-order valence-corrected chi connectivity index (χ4v) is 5.07. The summed E-state index contributed by atoms with van der Waals surface area (Å²) in [6.45, 7) is 1.64. The number of methoxy groups -OCH3 is 2. The fraction of sp³-hybridized carbons (Fsp3) is 0.148. The number of halogens is 3. The van der Waals surface area contributed by atoms with Gasteiger partial charge in [0.1, 0.15) is 0 Å². The molecule has 1 aromatic heterocycles. The van der Waals surface area contributed by atoms with Gasteiger partial charge in [0.2, 0.25) is 0 Å². The quantitative estimate of drug-likeness (QED) is 0.334. The molecule has 0 bridgehead atoms. The molecule has 1 N–H and O–H groups in total. The lowest BCUT2D eigenvalue weighted by molar-refractivity contribution is -0.139. The van der Waals surface area contributed by atoms with Gasteiger partial charge in [-0.15, -0.1) is 0 Å². The first-order valence-corrected chi connectivity index (χ1v) is 12.3. The second-order valence-corrected chi connectivity index (χ2v) is 9.61. The Bertz CT molecular complexity index is 1660. The van der Waals surface area contributed by atoms with E-state index < -0.39 is 26.7 Å². The highest BCUT2D eigenvalue weighted by atomic mass is 32.2. The molecular weight excluding hydrogens is 505 g/mol. The van der Waals surface area contributed by atoms with Crippen molar-refractivity contribution in [2.45, 2.75) is 18.0 Å². The lowest BCUT2D eigenvalue weighted by Gasteiger charge is -2.15. The molecule has 4 rings (SSSR count). The number of aryl methyl sites for hydroxylation is 1. The van der Waals surface area contributed by atoms with Crippen molar-refractivity contribution in [2.24, 2.45) is 0 Å². The van der Waals surface area contributed by atoms with Crippen LogP contribution in [-0.2, 0) is 16.2 Å². The van der Waals surface area contributed by atoms with E-state index in [4.69, 9.17) is 9.47 Å². The molecule has 1 heterocycles. The van der Waals surface area contributed by atoms with Gasteiger partial charge in [-0.05, 0) is 55.0 Å². The lowest BCUT2D eigenvalue weighted by Crippen LogP contribution is -2.19. The van der Waals surface area contributed by atoms with Gasteiger partial charge in [0.25, 0.3) is 10.0 Å². The molecule has 3 aromatic carbocycles. The molecule has 0 atom stereocenters. The standard InChI is InChI=1S/C27H21F3N2O4S/c1-17-14-18(8-10-19-12-13-31-23-16-25(36-3)24(35-2)15-20(19)23)9-11-22(17)32-37(33,34)26-7-5-4-6-21(26)27(28,29)30/h4-7,9,11-16,32H,1-3H3. The minimum atomic E-state index is -4.81. The van der Waals surface area contributed by atoms with Crippen LogP contribution in [-0.4, -0.2) is 27.6 Å². The van der Waals surface area contributed by atoms with E-state index in [-0.39, 0.29) is 5.69 Å². The molecule has 0 fully saturated rings. The number of fused-ring (bicyclic) bond motifs is 1. The van der Waals surface area contributed by atoms with Crippen molar-refractivity contribution in [2.75, 3.05) is 18.9 Å². The van der Waals surface area contributed by atoms with Gasteiger partial charge < -0.3 is 9.47 Å². The molecule has 0 amide bonds. The van der Waals surface area contributed by atoms with Crippen molar-refractivity contribution < 1.29 is 31.1 Å². The number of nitrogens with zero attached hydrogens (tertiary/aromatic N) is 1. The topological polar surface area (TPSA) is 77.5 Å². The average Bonchev–Trinajstić information content (AvgIpc) is 2.87. The summed E-state index contributed by atoms with van der Waals surface area (Å²) in [5.41, 5.74) is 1.35. The summed E-state index contributed by atoms with van der Waals surface area (Å²) in [4.78, 5) is 3.50. The van der Waals surface area contributed by atoms with Crippen molar-refractivity contribution in [3.05, 3.63) is 89.1 Å². The van der Waals surface area contributed by atoms with Crippen LogP contribution >= 0.6 is 0 Å². The van der Waals surface area contributed by atoms with Gasteiger partial charge in [0.05, 0.1) is 35.9 Å². The Labute approximate surface area is 212 Å². The number of hydrogen-bond donors (Lipinski definition) is 1. The summed E-state index contributed by atoms with van der Waals surface area (Å²) in [5, 5.41) is 0.761. The highest BCUT2D eigenvalue weighted by Crippen LogP contribution is 2.35. The van der Waals surface area contributed by atoms with Gasteiger partial charge >= 0.3 is 6.18 Å². The Hall–Kier alpha value is -4.23. The third kappa shape index (κ3) is 5.47. The number of benzene rings is 3. The zero-order valence-corrected chi connectivity index (χ0v) is 20.8. The minimum Gasteiger partial charge on any atom is -0.493 e. The molecule has 0 spiro atoms. The normalized spacial score (nSPS) is 11.5. The molecule has 6 nitrogen and oxygen atoms in total. The molecule has 37 heavy (non-hydrogen) atoms. The molecule has 0 unspecified atom stereocenters. The zero-order chi connectivity index (χ0) is 26.8. The molecule has 4 aromatic rings. The first-order chi connectivity index (χ1) is 17.5. The van der Waals surface area contributed by atoms with E-state index in [0.717, 1.165) is 23.6 Å². The first kappa shape index (κ1) is 25.9. The molecular formula is C27H21F3N2O4S. The number of aromatic nitrogens is 1. The number of hydrogen-bond acceptors (Lipinski definition) is 5. The number of ether oxygens (including phenoxy) is 2. The van der Waals surface area contributed by atoms with Crippen molar-refractivity contribution >= 4 is 26.6 Å². The van der Waals surface area contributed by atoms with Crippen molar-refractivity contribution in [3.8, 4) is 23.3 Å². The third-order valence-corrected chi connectivity index (χ3v) is 6.96. The maximum absolute atomic E-state index is 13.3. The molecule has 0 radical (unpaired) electrons. The molecule has 0 saturated heterocycles. The Morgan fingerprint density at radius 1 is 0.919 bits per heavy atom. The van der Waals surface area contributed by atoms with E-state index in [0.29, 0.717) is 33.7 Å². The molecule has 190 valence electrons. The van der Waals surface area contributed by atoms with E-state index in [1.807, 2.05) is 0 Å². The van der Waals surface area contributed by atoms with Crippen LogP contribution in [0.5, 0.6) is 11.5 Å². The van der Waals surface area contributed by atoms with Gasteiger partial charge in [-0.25, -0.2) is 8.42 Å². The second-order valence-electron chi connectivity index (χ2n) is 7.96. The highest BCUT2D eigenvalue weighted by Gasteiger charge is 2.37. The molecule has 0 saturated carbocycles. The zero-order valence-electron chi connectivity index (χ0n) is 20.0. The number of pyridine rings is 1. The summed E-state index contributed by atoms with van der Waals surface area (Å²) in [6, 6.07) is 14.0. The predicted molar refractivity (Wildman–Crippen MR) is 134 cm³/mol. The van der Waals surface area contributed by atoms with Gasteiger partial charge in [0.15, 0.2) is 11.5 Å². The predicted octanol–water partition coefficient (Wildman–Crippen LogP) is 5.78. The summed E-state index contributed by atoms with van der Waals surface area (Å²) >= 11 is 0. The van der Waals surface area contributed by atoms with Crippen molar-refractivity contribution in [1.29, 1.82) is 0 Å². The summed E-state index contributed by atoms with van der Waals surface area (Å²) in [5.74, 6) is 7.20. The Morgan fingerprint density at radius 3 is 2.30 bits per heavy atom. The fourth-order valence-electron chi connectivity index (χ4n) is 3.71. The van der Waals surface area contributed by atoms with Crippen LogP contribution in [0.4, 0.5) is 18.9 Å². The number of anilines is 1. The number of rotatable bonds is 5. The van der Waals surface area contributed by atoms with E-state index in [9.17, 15) is 21.6 Å². The van der Waals surface area contributed by atoms with Crippen LogP contribution in [0.1, 0.15) is 22.3 Å². The number of nitrogens with one attached hydrogen (secondary N) is 1. The molecule has 10 heteroatoms. The summed E-state index contributed by atoms with van der Waals surface area (Å²) in [7, 11) is -1.42. The van der Waals surface area contributed by atoms with Crippen molar-refractivity contribution in [3.63, 3.8) is 0 Å². The Morgan fingerprint density at radius 2 is 1.62 bits per heavy atom. The van der Waals surface area contributed by atoms with Crippen LogP contribution in [0.3, 0.4) is 0 Å². The average molecular weight is 527 g/mol. The third-order valence-electron chi connectivity index (χ3n) is 5.54. The Kier molecular flexibility index (Phi) is 7.01. The van der Waals surface area contributed by atoms with Gasteiger partial charge in [0, 0.05) is 28.8 Å². The minimum absolute atomic E-state index is 0.147. The summed E-state index contributed by atoms with van der Waals surface area (Å²) < 4.78 is 78.5. The van der Waals surface area contributed by atoms with E-state index in [2.05, 4.69) is 21.5 Å². The van der Waals surface area contributed by atoms with Gasteiger partial charge in [-0.1, -0.05) is 24.0 Å². The van der Waals surface area contributed by atoms with Crippen LogP contribution in [0.25, 0.3) is 10.9 Å². The van der Waals surface area contributed by atoms with E-state index in [1.165, 1.54) is 26.4 Å². The molecule has 0 aliphatic rings. The van der Waals surface area contributed by atoms with Gasteiger partial charge in [-0.2, -0.15) is 13.2 Å². The number of alkyl halides is 3. The highest BCUT2D eigenvalue weighted by molar-refractivity contribution is 7.92. The number of sulfonamides is 1. The Balaban J connectivity index is 1.65. The van der Waals surface area contributed by atoms with Crippen molar-refractivity contribution in [1.82, 2.24) is 4.98 Å². The second kappa shape index (κ2) is 10.0. The maximum Gasteiger partial charge on any atom is 0.417 e. The maximum atomic E-state index is 13.3. The molecule has 0 aliphatic carbocycles. The first-order valence-electron chi connectivity index (χ1n) is 10.9. The summed E-state index contributed by atoms with van der Waals surface area (Å²) in [6.07, 6.45) is -3.19. The lowest BCUT2D eigenvalue weighted by atomic mass is 10.1. The van der Waals surface area contributed by atoms with E-state index in [1.54, 1.807) is 43.5 Å². The smallest absolute Gasteiger partial charge is 0.417 e. The molecule has 0 aliphatic heterocycles. The van der Waals surface area contributed by atoms with Crippen LogP contribution in [0.15, 0.2) is 71.8 Å². The van der Waals surface area contributed by atoms with Gasteiger partial charge in [-0.3, -0.25) is 9.71 Å². The monoisotopic (exact) mass is 526 g/mol.